The van der Waals surface area contributed by atoms with Gasteiger partial charge in [0.05, 0.1) is 5.56 Å². The van der Waals surface area contributed by atoms with Gasteiger partial charge in [0.2, 0.25) is 0 Å². The molecule has 1 heterocycles. The first-order valence-corrected chi connectivity index (χ1v) is 6.95. The molecule has 0 saturated heterocycles. The van der Waals surface area contributed by atoms with Gasteiger partial charge in [0.1, 0.15) is 6.07 Å². The fourth-order valence-corrected chi connectivity index (χ4v) is 3.37. The second-order valence-electron chi connectivity index (χ2n) is 3.43. The number of nitrogens with zero attached hydrogens (tertiary/aromatic N) is 2. The van der Waals surface area contributed by atoms with Crippen molar-refractivity contribution >= 4 is 21.4 Å². The lowest BCUT2D eigenvalue weighted by Gasteiger charge is -2.10. The lowest BCUT2D eigenvalue weighted by atomic mass is 10.4. The van der Waals surface area contributed by atoms with Gasteiger partial charge in [0.25, 0.3) is 10.0 Å². The van der Waals surface area contributed by atoms with E-state index in [2.05, 4.69) is 4.72 Å². The van der Waals surface area contributed by atoms with Crippen LogP contribution in [0.25, 0.3) is 0 Å². The molecule has 0 atom stereocenters. The van der Waals surface area contributed by atoms with E-state index in [1.54, 1.807) is 5.38 Å². The maximum absolute atomic E-state index is 11.8. The van der Waals surface area contributed by atoms with Crippen molar-refractivity contribution in [2.24, 2.45) is 0 Å². The first-order valence-electron chi connectivity index (χ1n) is 4.59. The SMILES string of the molecule is CN(C)CCNS(=O)(=O)c1sccc1C#N. The Kier molecular flexibility index (Phi) is 4.44. The van der Waals surface area contributed by atoms with Gasteiger partial charge in [-0.2, -0.15) is 5.26 Å². The zero-order valence-corrected chi connectivity index (χ0v) is 10.7. The van der Waals surface area contributed by atoms with E-state index in [4.69, 9.17) is 5.26 Å². The van der Waals surface area contributed by atoms with Gasteiger partial charge in [-0.25, -0.2) is 13.1 Å². The summed E-state index contributed by atoms with van der Waals surface area (Å²) in [5.41, 5.74) is 0.197. The smallest absolute Gasteiger partial charge is 0.251 e. The second kappa shape index (κ2) is 5.41. The minimum Gasteiger partial charge on any atom is -0.308 e. The summed E-state index contributed by atoms with van der Waals surface area (Å²) in [5, 5.41) is 10.3. The van der Waals surface area contributed by atoms with Gasteiger partial charge in [-0.05, 0) is 25.5 Å². The van der Waals surface area contributed by atoms with E-state index in [1.807, 2.05) is 25.1 Å². The van der Waals surface area contributed by atoms with Crippen molar-refractivity contribution in [3.05, 3.63) is 17.0 Å². The van der Waals surface area contributed by atoms with Crippen LogP contribution in [0.2, 0.25) is 0 Å². The molecular formula is C9H13N3O2S2. The van der Waals surface area contributed by atoms with Gasteiger partial charge in [-0.1, -0.05) is 0 Å². The summed E-state index contributed by atoms with van der Waals surface area (Å²) in [6, 6.07) is 3.37. The number of sulfonamides is 1. The number of thiophene rings is 1. The summed E-state index contributed by atoms with van der Waals surface area (Å²) < 4.78 is 26.1. The highest BCUT2D eigenvalue weighted by Gasteiger charge is 2.19. The van der Waals surface area contributed by atoms with Crippen molar-refractivity contribution in [1.29, 1.82) is 5.26 Å². The molecule has 0 aromatic carbocycles. The second-order valence-corrected chi connectivity index (χ2v) is 6.31. The number of hydrogen-bond acceptors (Lipinski definition) is 5. The highest BCUT2D eigenvalue weighted by atomic mass is 32.2. The molecular weight excluding hydrogens is 246 g/mol. The van der Waals surface area contributed by atoms with Crippen LogP contribution in [0.4, 0.5) is 0 Å². The molecule has 1 rings (SSSR count). The van der Waals surface area contributed by atoms with Crippen LogP contribution < -0.4 is 4.72 Å². The van der Waals surface area contributed by atoms with Crippen LogP contribution in [0.5, 0.6) is 0 Å². The first-order chi connectivity index (χ1) is 7.47. The third kappa shape index (κ3) is 3.28. The molecule has 0 unspecified atom stereocenters. The molecule has 16 heavy (non-hydrogen) atoms. The Hall–Kier alpha value is -0.940. The van der Waals surface area contributed by atoms with E-state index in [-0.39, 0.29) is 9.77 Å². The largest absolute Gasteiger partial charge is 0.308 e. The molecule has 0 aliphatic rings. The summed E-state index contributed by atoms with van der Waals surface area (Å²) >= 11 is 1.05. The van der Waals surface area contributed by atoms with Crippen LogP contribution in [0, 0.1) is 11.3 Å². The van der Waals surface area contributed by atoms with Crippen molar-refractivity contribution < 1.29 is 8.42 Å². The van der Waals surface area contributed by atoms with Gasteiger partial charge < -0.3 is 4.90 Å². The highest BCUT2D eigenvalue weighted by Crippen LogP contribution is 2.21. The molecule has 0 fully saturated rings. The molecule has 0 aliphatic heterocycles. The minimum absolute atomic E-state index is 0.0914. The standard InChI is InChI=1S/C9H13N3O2S2/c1-12(2)5-4-11-16(13,14)9-8(7-10)3-6-15-9/h3,6,11H,4-5H2,1-2H3. The number of nitriles is 1. The Bertz CT molecular complexity index is 485. The topological polar surface area (TPSA) is 73.2 Å². The molecule has 88 valence electrons. The molecule has 7 heteroatoms. The minimum atomic E-state index is -3.54. The van der Waals surface area contributed by atoms with Gasteiger partial charge >= 0.3 is 0 Å². The molecule has 0 bridgehead atoms. The summed E-state index contributed by atoms with van der Waals surface area (Å²) in [4.78, 5) is 1.88. The van der Waals surface area contributed by atoms with Crippen molar-refractivity contribution in [3.8, 4) is 6.07 Å². The molecule has 0 radical (unpaired) electrons. The summed E-state index contributed by atoms with van der Waals surface area (Å²) in [5.74, 6) is 0. The van der Waals surface area contributed by atoms with Crippen molar-refractivity contribution in [2.45, 2.75) is 4.21 Å². The first kappa shape index (κ1) is 13.1. The summed E-state index contributed by atoms with van der Waals surface area (Å²) in [6.07, 6.45) is 0. The number of likely N-dealkylation sites (N-methyl/N-ethyl adjacent to an activating group) is 1. The zero-order chi connectivity index (χ0) is 12.2. The van der Waals surface area contributed by atoms with Crippen molar-refractivity contribution in [2.75, 3.05) is 27.2 Å². The molecule has 0 amide bonds. The van der Waals surface area contributed by atoms with Gasteiger partial charge in [0.15, 0.2) is 4.21 Å². The Balaban J connectivity index is 2.76. The molecule has 1 N–H and O–H groups in total. The fraction of sp³-hybridized carbons (Fsp3) is 0.444. The van der Waals surface area contributed by atoms with Gasteiger partial charge in [-0.15, -0.1) is 11.3 Å². The Morgan fingerprint density at radius 2 is 2.25 bits per heavy atom. The Morgan fingerprint density at radius 1 is 1.56 bits per heavy atom. The predicted molar refractivity (Wildman–Crippen MR) is 62.8 cm³/mol. The highest BCUT2D eigenvalue weighted by molar-refractivity contribution is 7.91. The number of nitrogens with one attached hydrogen (secondary N) is 1. The van der Waals surface area contributed by atoms with Crippen molar-refractivity contribution in [3.63, 3.8) is 0 Å². The molecule has 0 spiro atoms. The van der Waals surface area contributed by atoms with Crippen LogP contribution in [-0.4, -0.2) is 40.5 Å². The molecule has 1 aromatic rings. The lowest BCUT2D eigenvalue weighted by Crippen LogP contribution is -2.31. The quantitative estimate of drug-likeness (QED) is 0.833. The van der Waals surface area contributed by atoms with Crippen LogP contribution in [-0.2, 0) is 10.0 Å². The van der Waals surface area contributed by atoms with E-state index in [9.17, 15) is 8.42 Å². The molecule has 5 nitrogen and oxygen atoms in total. The third-order valence-electron chi connectivity index (χ3n) is 1.85. The van der Waals surface area contributed by atoms with Crippen LogP contribution >= 0.6 is 11.3 Å². The summed E-state index contributed by atoms with van der Waals surface area (Å²) in [7, 11) is 0.186. The average Bonchev–Trinajstić information content (AvgIpc) is 2.64. The van der Waals surface area contributed by atoms with Gasteiger partial charge in [0, 0.05) is 13.1 Å². The predicted octanol–water partition coefficient (Wildman–Crippen LogP) is 0.460. The fourth-order valence-electron chi connectivity index (χ4n) is 1.06. The number of hydrogen-bond donors (Lipinski definition) is 1. The van der Waals surface area contributed by atoms with E-state index >= 15 is 0 Å². The molecule has 1 aromatic heterocycles. The zero-order valence-electron chi connectivity index (χ0n) is 9.10. The maximum Gasteiger partial charge on any atom is 0.251 e. The Labute approximate surface area is 99.4 Å². The van der Waals surface area contributed by atoms with E-state index in [1.165, 1.54) is 6.07 Å². The normalized spacial score (nSPS) is 11.6. The van der Waals surface area contributed by atoms with E-state index in [0.717, 1.165) is 11.3 Å². The maximum atomic E-state index is 11.8. The van der Waals surface area contributed by atoms with Crippen LogP contribution in [0.1, 0.15) is 5.56 Å². The monoisotopic (exact) mass is 259 g/mol. The molecule has 0 saturated carbocycles. The van der Waals surface area contributed by atoms with Crippen LogP contribution in [0.3, 0.4) is 0 Å². The lowest BCUT2D eigenvalue weighted by molar-refractivity contribution is 0.412. The Morgan fingerprint density at radius 3 is 2.81 bits per heavy atom. The van der Waals surface area contributed by atoms with Crippen LogP contribution in [0.15, 0.2) is 15.7 Å². The summed E-state index contributed by atoms with van der Waals surface area (Å²) in [6.45, 7) is 0.949. The van der Waals surface area contributed by atoms with Crippen molar-refractivity contribution in [1.82, 2.24) is 9.62 Å². The van der Waals surface area contributed by atoms with Gasteiger partial charge in [-0.3, -0.25) is 0 Å². The van der Waals surface area contributed by atoms with E-state index in [0.29, 0.717) is 13.1 Å². The van der Waals surface area contributed by atoms with E-state index < -0.39 is 10.0 Å². The molecule has 0 aliphatic carbocycles. The number of rotatable bonds is 5. The average molecular weight is 259 g/mol. The third-order valence-corrected chi connectivity index (χ3v) is 4.79.